The van der Waals surface area contributed by atoms with Gasteiger partial charge in [-0.15, -0.1) is 0 Å². The lowest BCUT2D eigenvalue weighted by Crippen LogP contribution is -2.44. The first-order valence-electron chi connectivity index (χ1n) is 7.14. The predicted octanol–water partition coefficient (Wildman–Crippen LogP) is 3.34. The van der Waals surface area contributed by atoms with Crippen LogP contribution in [-0.4, -0.2) is 25.3 Å². The van der Waals surface area contributed by atoms with Gasteiger partial charge in [0.25, 0.3) is 0 Å². The Hall–Kier alpha value is -0.870. The minimum absolute atomic E-state index is 0.220. The largest absolute Gasteiger partial charge is 0.243 e. The van der Waals surface area contributed by atoms with Crippen LogP contribution in [-0.2, 0) is 10.0 Å². The highest BCUT2D eigenvalue weighted by molar-refractivity contribution is 7.89. The van der Waals surface area contributed by atoms with E-state index >= 15 is 0 Å². The van der Waals surface area contributed by atoms with Gasteiger partial charge < -0.3 is 0 Å². The molecule has 0 amide bonds. The molecule has 3 nitrogen and oxygen atoms in total. The topological polar surface area (TPSA) is 37.4 Å². The van der Waals surface area contributed by atoms with Crippen LogP contribution in [0.3, 0.4) is 0 Å². The average Bonchev–Trinajstić information content (AvgIpc) is 2.32. The van der Waals surface area contributed by atoms with Crippen LogP contribution in [0.2, 0.25) is 0 Å². The molecule has 0 radical (unpaired) electrons. The van der Waals surface area contributed by atoms with Crippen molar-refractivity contribution in [1.82, 2.24) is 4.31 Å². The fourth-order valence-corrected chi connectivity index (χ4v) is 4.06. The van der Waals surface area contributed by atoms with Crippen molar-refractivity contribution in [2.75, 3.05) is 6.54 Å². The van der Waals surface area contributed by atoms with Crippen molar-refractivity contribution >= 4 is 10.0 Å². The van der Waals surface area contributed by atoms with E-state index in [0.717, 1.165) is 37.7 Å². The predicted molar refractivity (Wildman–Crippen MR) is 77.6 cm³/mol. The van der Waals surface area contributed by atoms with Crippen molar-refractivity contribution in [2.24, 2.45) is 0 Å². The second kappa shape index (κ2) is 6.06. The van der Waals surface area contributed by atoms with Crippen LogP contribution in [0.25, 0.3) is 0 Å². The quantitative estimate of drug-likeness (QED) is 0.802. The van der Waals surface area contributed by atoms with Gasteiger partial charge in [0.1, 0.15) is 0 Å². The summed E-state index contributed by atoms with van der Waals surface area (Å²) >= 11 is 0. The van der Waals surface area contributed by atoms with E-state index in [1.165, 1.54) is 0 Å². The van der Waals surface area contributed by atoms with E-state index in [1.54, 1.807) is 16.4 Å². The molecular weight excluding hydrogens is 258 g/mol. The Labute approximate surface area is 116 Å². The van der Waals surface area contributed by atoms with Crippen molar-refractivity contribution in [3.8, 4) is 0 Å². The van der Waals surface area contributed by atoms with Crippen LogP contribution in [0.1, 0.15) is 44.6 Å². The van der Waals surface area contributed by atoms with E-state index < -0.39 is 10.0 Å². The molecule has 0 spiro atoms. The number of nitrogens with zero attached hydrogens (tertiary/aromatic N) is 1. The number of sulfonamides is 1. The van der Waals surface area contributed by atoms with E-state index in [1.807, 2.05) is 19.1 Å². The van der Waals surface area contributed by atoms with Gasteiger partial charge in [0, 0.05) is 12.6 Å². The standard InChI is InChI=1S/C15H23NO2S/c1-3-4-12-16(14-6-5-7-14)19(17,18)15-10-8-13(2)9-11-15/h8-11,14H,3-7,12H2,1-2H3. The number of aryl methyl sites for hydroxylation is 1. The van der Waals surface area contributed by atoms with Crippen molar-refractivity contribution in [3.05, 3.63) is 29.8 Å². The zero-order valence-electron chi connectivity index (χ0n) is 11.8. The Morgan fingerprint density at radius 1 is 1.21 bits per heavy atom. The molecule has 1 aromatic carbocycles. The first-order chi connectivity index (χ1) is 9.05. The van der Waals surface area contributed by atoms with Gasteiger partial charge in [0.05, 0.1) is 4.90 Å². The smallest absolute Gasteiger partial charge is 0.207 e. The maximum atomic E-state index is 12.7. The molecule has 1 aliphatic carbocycles. The maximum Gasteiger partial charge on any atom is 0.243 e. The Morgan fingerprint density at radius 2 is 1.84 bits per heavy atom. The number of unbranched alkanes of at least 4 members (excludes halogenated alkanes) is 1. The molecule has 1 aliphatic rings. The maximum absolute atomic E-state index is 12.7. The van der Waals surface area contributed by atoms with Crippen molar-refractivity contribution in [3.63, 3.8) is 0 Å². The monoisotopic (exact) mass is 281 g/mol. The number of benzene rings is 1. The number of rotatable bonds is 6. The summed E-state index contributed by atoms with van der Waals surface area (Å²) in [5, 5.41) is 0. The summed E-state index contributed by atoms with van der Waals surface area (Å²) in [5.74, 6) is 0. The Morgan fingerprint density at radius 3 is 2.32 bits per heavy atom. The molecule has 19 heavy (non-hydrogen) atoms. The lowest BCUT2D eigenvalue weighted by atomic mass is 9.93. The fraction of sp³-hybridized carbons (Fsp3) is 0.600. The van der Waals surface area contributed by atoms with E-state index in [9.17, 15) is 8.42 Å². The summed E-state index contributed by atoms with van der Waals surface area (Å²) in [6.07, 6.45) is 5.12. The second-order valence-electron chi connectivity index (χ2n) is 5.37. The van der Waals surface area contributed by atoms with Gasteiger partial charge in [-0.3, -0.25) is 0 Å². The molecule has 106 valence electrons. The fourth-order valence-electron chi connectivity index (χ4n) is 2.33. The van der Waals surface area contributed by atoms with Gasteiger partial charge in [-0.2, -0.15) is 4.31 Å². The first-order valence-corrected chi connectivity index (χ1v) is 8.58. The number of hydrogen-bond acceptors (Lipinski definition) is 2. The second-order valence-corrected chi connectivity index (χ2v) is 7.26. The Balaban J connectivity index is 2.24. The average molecular weight is 281 g/mol. The van der Waals surface area contributed by atoms with Crippen molar-refractivity contribution in [2.45, 2.75) is 56.9 Å². The van der Waals surface area contributed by atoms with Gasteiger partial charge in [-0.1, -0.05) is 37.5 Å². The van der Waals surface area contributed by atoms with Crippen molar-refractivity contribution in [1.29, 1.82) is 0 Å². The van der Waals surface area contributed by atoms with Gasteiger partial charge in [0.15, 0.2) is 0 Å². The third-order valence-electron chi connectivity index (χ3n) is 3.84. The molecule has 1 saturated carbocycles. The van der Waals surface area contributed by atoms with E-state index in [2.05, 4.69) is 6.92 Å². The van der Waals surface area contributed by atoms with E-state index in [0.29, 0.717) is 11.4 Å². The van der Waals surface area contributed by atoms with E-state index in [-0.39, 0.29) is 6.04 Å². The SMILES string of the molecule is CCCCN(C1CCC1)S(=O)(=O)c1ccc(C)cc1. The molecule has 0 atom stereocenters. The Kier molecular flexibility index (Phi) is 4.63. The van der Waals surface area contributed by atoms with Crippen LogP contribution in [0, 0.1) is 6.92 Å². The molecule has 2 rings (SSSR count). The zero-order valence-corrected chi connectivity index (χ0v) is 12.6. The van der Waals surface area contributed by atoms with Gasteiger partial charge in [-0.25, -0.2) is 8.42 Å². The van der Waals surface area contributed by atoms with Gasteiger partial charge >= 0.3 is 0 Å². The lowest BCUT2D eigenvalue weighted by Gasteiger charge is -2.36. The lowest BCUT2D eigenvalue weighted by molar-refractivity contribution is 0.217. The molecule has 0 aromatic heterocycles. The summed E-state index contributed by atoms with van der Waals surface area (Å²) in [4.78, 5) is 0.432. The molecule has 1 aromatic rings. The molecular formula is C15H23NO2S. The van der Waals surface area contributed by atoms with Crippen LogP contribution in [0.15, 0.2) is 29.2 Å². The molecule has 0 N–H and O–H groups in total. The van der Waals surface area contributed by atoms with Crippen LogP contribution >= 0.6 is 0 Å². The molecule has 0 saturated heterocycles. The first kappa shape index (κ1) is 14.5. The van der Waals surface area contributed by atoms with Crippen molar-refractivity contribution < 1.29 is 8.42 Å². The minimum Gasteiger partial charge on any atom is -0.207 e. The highest BCUT2D eigenvalue weighted by Gasteiger charge is 2.34. The highest BCUT2D eigenvalue weighted by atomic mass is 32.2. The summed E-state index contributed by atoms with van der Waals surface area (Å²) in [5.41, 5.74) is 1.09. The van der Waals surface area contributed by atoms with Crippen LogP contribution in [0.5, 0.6) is 0 Å². The third kappa shape index (κ3) is 3.18. The molecule has 0 unspecified atom stereocenters. The molecule has 1 fully saturated rings. The minimum atomic E-state index is -3.32. The Bertz CT molecular complexity index is 503. The summed E-state index contributed by atoms with van der Waals surface area (Å²) < 4.78 is 27.1. The summed E-state index contributed by atoms with van der Waals surface area (Å²) in [7, 11) is -3.32. The highest BCUT2D eigenvalue weighted by Crippen LogP contribution is 2.30. The van der Waals surface area contributed by atoms with Gasteiger partial charge in [0.2, 0.25) is 10.0 Å². The van der Waals surface area contributed by atoms with Crippen LogP contribution in [0.4, 0.5) is 0 Å². The summed E-state index contributed by atoms with van der Waals surface area (Å²) in [6, 6.07) is 7.40. The molecule has 0 heterocycles. The number of hydrogen-bond donors (Lipinski definition) is 0. The molecule has 0 aliphatic heterocycles. The normalized spacial score (nSPS) is 16.6. The zero-order chi connectivity index (χ0) is 13.9. The molecule has 4 heteroatoms. The van der Waals surface area contributed by atoms with Crippen LogP contribution < -0.4 is 0 Å². The summed E-state index contributed by atoms with van der Waals surface area (Å²) in [6.45, 7) is 4.71. The van der Waals surface area contributed by atoms with E-state index in [4.69, 9.17) is 0 Å². The molecule has 0 bridgehead atoms. The third-order valence-corrected chi connectivity index (χ3v) is 5.81. The van der Waals surface area contributed by atoms with Gasteiger partial charge in [-0.05, 0) is 38.3 Å².